The van der Waals surface area contributed by atoms with Crippen LogP contribution in [0.4, 0.5) is 0 Å². The highest BCUT2D eigenvalue weighted by Gasteiger charge is 2.12. The van der Waals surface area contributed by atoms with Gasteiger partial charge in [-0.15, -0.1) is 0 Å². The van der Waals surface area contributed by atoms with E-state index < -0.39 is 11.9 Å². The molecule has 0 unspecified atom stereocenters. The maximum Gasteiger partial charge on any atom is 0.354 e. The lowest BCUT2D eigenvalue weighted by molar-refractivity contribution is 0.00598. The predicted octanol–water partition coefficient (Wildman–Crippen LogP) is 0.658. The first kappa shape index (κ1) is 29.6. The molecule has 1 aliphatic heterocycles. The van der Waals surface area contributed by atoms with Gasteiger partial charge in [-0.2, -0.15) is 0 Å². The Balaban J connectivity index is 1.48. The molecule has 0 atom stereocenters. The molecule has 3 heterocycles. The summed E-state index contributed by atoms with van der Waals surface area (Å²) in [7, 11) is 0. The van der Waals surface area contributed by atoms with Crippen LogP contribution in [0.15, 0.2) is 36.4 Å². The number of aromatic nitrogens is 2. The first-order valence-corrected chi connectivity index (χ1v) is 12.7. The van der Waals surface area contributed by atoms with E-state index in [4.69, 9.17) is 24.7 Å². The van der Waals surface area contributed by atoms with Crippen molar-refractivity contribution < 1.29 is 33.6 Å². The Kier molecular flexibility index (Phi) is 13.0. The summed E-state index contributed by atoms with van der Waals surface area (Å²) in [6.07, 6.45) is 0. The van der Waals surface area contributed by atoms with Gasteiger partial charge in [-0.05, 0) is 24.3 Å². The molecule has 2 aromatic heterocycles. The fourth-order valence-electron chi connectivity index (χ4n) is 3.81. The minimum absolute atomic E-state index is 0.0275. The largest absolute Gasteiger partial charge is 0.477 e. The summed E-state index contributed by atoms with van der Waals surface area (Å²) in [6.45, 7) is 7.53. The van der Waals surface area contributed by atoms with E-state index in [0.29, 0.717) is 97.8 Å². The second-order valence-corrected chi connectivity index (χ2v) is 8.70. The molecule has 0 radical (unpaired) electrons. The number of carbonyl (C=O) groups is 2. The van der Waals surface area contributed by atoms with Crippen LogP contribution in [-0.2, 0) is 32.0 Å². The monoisotopic (exact) mass is 531 g/mol. The molecule has 38 heavy (non-hydrogen) atoms. The van der Waals surface area contributed by atoms with Crippen molar-refractivity contribution in [3.63, 3.8) is 0 Å². The molecule has 1 aliphatic rings. The van der Waals surface area contributed by atoms with Crippen LogP contribution in [0.1, 0.15) is 32.4 Å². The number of carboxylic acid groups (broad SMARTS) is 1. The molecule has 3 rings (SSSR count). The third-order valence-electron chi connectivity index (χ3n) is 5.81. The second kappa shape index (κ2) is 16.8. The predicted molar refractivity (Wildman–Crippen MR) is 138 cm³/mol. The molecule has 1 amide bonds. The molecular formula is C26H37N5O7. The maximum atomic E-state index is 11.5. The number of hydrogen-bond donors (Lipinski definition) is 2. The summed E-state index contributed by atoms with van der Waals surface area (Å²) in [6, 6.07) is 10.2. The number of primary amides is 1. The van der Waals surface area contributed by atoms with Crippen LogP contribution in [0.5, 0.6) is 0 Å². The Bertz CT molecular complexity index is 910. The lowest BCUT2D eigenvalue weighted by Crippen LogP contribution is -2.33. The number of nitrogens with two attached hydrogens (primary N) is 1. The number of rotatable bonds is 6. The van der Waals surface area contributed by atoms with Crippen molar-refractivity contribution in [3.05, 3.63) is 59.2 Å². The van der Waals surface area contributed by atoms with Crippen LogP contribution in [0.2, 0.25) is 0 Å². The Morgan fingerprint density at radius 1 is 0.684 bits per heavy atom. The van der Waals surface area contributed by atoms with Crippen molar-refractivity contribution in [2.75, 3.05) is 79.0 Å². The molecule has 12 nitrogen and oxygen atoms in total. The van der Waals surface area contributed by atoms with Crippen LogP contribution in [-0.4, -0.2) is 116 Å². The third kappa shape index (κ3) is 11.2. The van der Waals surface area contributed by atoms with E-state index in [9.17, 15) is 14.7 Å². The van der Waals surface area contributed by atoms with E-state index in [-0.39, 0.29) is 11.4 Å². The highest BCUT2D eigenvalue weighted by atomic mass is 16.5. The van der Waals surface area contributed by atoms with Gasteiger partial charge in [0.25, 0.3) is 5.91 Å². The summed E-state index contributed by atoms with van der Waals surface area (Å²) in [5, 5.41) is 9.20. The molecule has 1 saturated heterocycles. The SMILES string of the molecule is NC(=O)c1cccc(CN2CCOCCOCCN(Cc3cccc(C(=O)O)n3)CCOCCOCC2)n1. The van der Waals surface area contributed by atoms with Gasteiger partial charge in [0.15, 0.2) is 0 Å². The zero-order valence-corrected chi connectivity index (χ0v) is 21.6. The third-order valence-corrected chi connectivity index (χ3v) is 5.81. The van der Waals surface area contributed by atoms with Crippen molar-refractivity contribution >= 4 is 11.9 Å². The molecule has 12 heteroatoms. The van der Waals surface area contributed by atoms with E-state index in [1.807, 2.05) is 12.1 Å². The molecule has 0 aliphatic carbocycles. The van der Waals surface area contributed by atoms with Gasteiger partial charge >= 0.3 is 5.97 Å². The summed E-state index contributed by atoms with van der Waals surface area (Å²) in [4.78, 5) is 35.5. The van der Waals surface area contributed by atoms with Gasteiger partial charge in [-0.25, -0.2) is 14.8 Å². The molecule has 208 valence electrons. The number of aromatic carboxylic acids is 1. The number of ether oxygens (including phenoxy) is 4. The lowest BCUT2D eigenvalue weighted by atomic mass is 10.2. The van der Waals surface area contributed by atoms with Gasteiger partial charge in [-0.3, -0.25) is 14.6 Å². The molecule has 0 aromatic carbocycles. The number of nitrogens with zero attached hydrogens (tertiary/aromatic N) is 4. The first-order chi connectivity index (χ1) is 18.5. The molecule has 0 bridgehead atoms. The Hall–Kier alpha value is -3.00. The zero-order chi connectivity index (χ0) is 27.0. The minimum atomic E-state index is -1.05. The number of carboxylic acids is 1. The van der Waals surface area contributed by atoms with Gasteiger partial charge in [0.1, 0.15) is 11.4 Å². The van der Waals surface area contributed by atoms with Gasteiger partial charge in [0, 0.05) is 39.3 Å². The Morgan fingerprint density at radius 3 is 1.47 bits per heavy atom. The van der Waals surface area contributed by atoms with E-state index in [1.165, 1.54) is 6.07 Å². The number of amides is 1. The van der Waals surface area contributed by atoms with E-state index in [0.717, 1.165) is 5.69 Å². The highest BCUT2D eigenvalue weighted by molar-refractivity contribution is 5.90. The molecule has 0 spiro atoms. The van der Waals surface area contributed by atoms with Crippen LogP contribution in [0.25, 0.3) is 0 Å². The molecule has 0 saturated carbocycles. The van der Waals surface area contributed by atoms with E-state index in [1.54, 1.807) is 18.2 Å². The summed E-state index contributed by atoms with van der Waals surface area (Å²) in [5.74, 6) is -1.60. The average Bonchev–Trinajstić information content (AvgIpc) is 2.91. The van der Waals surface area contributed by atoms with Gasteiger partial charge in [-0.1, -0.05) is 12.1 Å². The number of carbonyl (C=O) groups excluding carboxylic acids is 1. The van der Waals surface area contributed by atoms with Gasteiger partial charge in [0.2, 0.25) is 0 Å². The average molecular weight is 532 g/mol. The fourth-order valence-corrected chi connectivity index (χ4v) is 3.81. The fraction of sp³-hybridized carbons (Fsp3) is 0.538. The van der Waals surface area contributed by atoms with Crippen molar-refractivity contribution in [1.29, 1.82) is 0 Å². The summed E-state index contributed by atoms with van der Waals surface area (Å²) >= 11 is 0. The molecule has 3 N–H and O–H groups in total. The van der Waals surface area contributed by atoms with Crippen molar-refractivity contribution in [1.82, 2.24) is 19.8 Å². The Labute approximate surface area is 222 Å². The van der Waals surface area contributed by atoms with Crippen LogP contribution in [0.3, 0.4) is 0 Å². The van der Waals surface area contributed by atoms with Crippen LogP contribution >= 0.6 is 0 Å². The number of hydrogen-bond acceptors (Lipinski definition) is 10. The summed E-state index contributed by atoms with van der Waals surface area (Å²) in [5.41, 5.74) is 7.06. The summed E-state index contributed by atoms with van der Waals surface area (Å²) < 4.78 is 23.0. The Morgan fingerprint density at radius 2 is 1.08 bits per heavy atom. The van der Waals surface area contributed by atoms with Crippen molar-refractivity contribution in [2.45, 2.75) is 13.1 Å². The highest BCUT2D eigenvalue weighted by Crippen LogP contribution is 2.06. The van der Waals surface area contributed by atoms with Crippen molar-refractivity contribution in [2.24, 2.45) is 5.73 Å². The van der Waals surface area contributed by atoms with Crippen molar-refractivity contribution in [3.8, 4) is 0 Å². The second-order valence-electron chi connectivity index (χ2n) is 8.70. The zero-order valence-electron chi connectivity index (χ0n) is 21.6. The van der Waals surface area contributed by atoms with Gasteiger partial charge < -0.3 is 29.8 Å². The molecular weight excluding hydrogens is 494 g/mol. The van der Waals surface area contributed by atoms with E-state index in [2.05, 4.69) is 19.8 Å². The quantitative estimate of drug-likeness (QED) is 0.541. The van der Waals surface area contributed by atoms with E-state index >= 15 is 0 Å². The van der Waals surface area contributed by atoms with Gasteiger partial charge in [0.05, 0.1) is 64.2 Å². The molecule has 2 aromatic rings. The normalized spacial score (nSPS) is 18.3. The topological polar surface area (TPSA) is 150 Å². The smallest absolute Gasteiger partial charge is 0.354 e. The lowest BCUT2D eigenvalue weighted by Gasteiger charge is -2.23. The first-order valence-electron chi connectivity index (χ1n) is 12.7. The van der Waals surface area contributed by atoms with Crippen LogP contribution in [0, 0.1) is 0 Å². The molecule has 1 fully saturated rings. The minimum Gasteiger partial charge on any atom is -0.477 e. The van der Waals surface area contributed by atoms with Crippen LogP contribution < -0.4 is 5.73 Å². The maximum absolute atomic E-state index is 11.5. The standard InChI is InChI=1S/C26H37N5O7/c27-25(32)23-5-1-3-21(28-23)19-30-7-11-35-15-17-37-13-9-31(10-14-38-18-16-36-12-8-30)20-22-4-2-6-24(29-22)26(33)34/h1-6H,7-20H2,(H2,27,32)(H,33,34). The number of pyridine rings is 2.